The highest BCUT2D eigenvalue weighted by molar-refractivity contribution is 5.44. The third-order valence-electron chi connectivity index (χ3n) is 3.68. The average Bonchev–Trinajstić information content (AvgIpc) is 2.99. The third-order valence-corrected chi connectivity index (χ3v) is 3.68. The van der Waals surface area contributed by atoms with E-state index in [4.69, 9.17) is 4.74 Å². The number of hydrogen-bond donors (Lipinski definition) is 2. The van der Waals surface area contributed by atoms with Crippen LogP contribution in [0.15, 0.2) is 6.07 Å². The SMILES string of the molecule is CNc1nc(NC2CC3CCC2O3)cc(C(F)(F)F)n1. The molecule has 3 heterocycles. The number of alkyl halides is 3. The number of ether oxygens (including phenoxy) is 1. The summed E-state index contributed by atoms with van der Waals surface area (Å²) < 4.78 is 44.0. The van der Waals surface area contributed by atoms with Gasteiger partial charge in [0.2, 0.25) is 5.95 Å². The molecular formula is C12H15F3N4O. The summed E-state index contributed by atoms with van der Waals surface area (Å²) in [7, 11) is 1.49. The fraction of sp³-hybridized carbons (Fsp3) is 0.667. The molecule has 8 heteroatoms. The van der Waals surface area contributed by atoms with Crippen molar-refractivity contribution in [2.75, 3.05) is 17.7 Å². The Morgan fingerprint density at radius 3 is 2.65 bits per heavy atom. The number of halogens is 3. The van der Waals surface area contributed by atoms with E-state index in [-0.39, 0.29) is 30.0 Å². The van der Waals surface area contributed by atoms with Crippen LogP contribution in [-0.4, -0.2) is 35.3 Å². The molecule has 2 fully saturated rings. The summed E-state index contributed by atoms with van der Waals surface area (Å²) in [6.45, 7) is 0. The first-order valence-electron chi connectivity index (χ1n) is 6.52. The smallest absolute Gasteiger partial charge is 0.373 e. The van der Waals surface area contributed by atoms with Gasteiger partial charge in [0.25, 0.3) is 0 Å². The van der Waals surface area contributed by atoms with Crippen molar-refractivity contribution in [1.29, 1.82) is 0 Å². The van der Waals surface area contributed by atoms with Crippen molar-refractivity contribution in [3.05, 3.63) is 11.8 Å². The van der Waals surface area contributed by atoms with Gasteiger partial charge in [-0.2, -0.15) is 18.2 Å². The van der Waals surface area contributed by atoms with Crippen LogP contribution < -0.4 is 10.6 Å². The Morgan fingerprint density at radius 1 is 1.30 bits per heavy atom. The molecule has 0 aliphatic carbocycles. The monoisotopic (exact) mass is 288 g/mol. The van der Waals surface area contributed by atoms with Crippen molar-refractivity contribution < 1.29 is 17.9 Å². The van der Waals surface area contributed by atoms with Crippen LogP contribution in [0, 0.1) is 0 Å². The number of fused-ring (bicyclic) bond motifs is 2. The quantitative estimate of drug-likeness (QED) is 0.893. The molecule has 0 saturated carbocycles. The Morgan fingerprint density at radius 2 is 2.10 bits per heavy atom. The maximum Gasteiger partial charge on any atom is 0.433 e. The van der Waals surface area contributed by atoms with E-state index in [0.717, 1.165) is 25.3 Å². The molecule has 2 N–H and O–H groups in total. The molecule has 5 nitrogen and oxygen atoms in total. The highest BCUT2D eigenvalue weighted by Crippen LogP contribution is 2.36. The van der Waals surface area contributed by atoms with E-state index >= 15 is 0 Å². The van der Waals surface area contributed by atoms with Gasteiger partial charge in [0.05, 0.1) is 18.2 Å². The third kappa shape index (κ3) is 2.52. The molecule has 2 aliphatic rings. The maximum atomic E-state index is 12.8. The van der Waals surface area contributed by atoms with Gasteiger partial charge in [0.15, 0.2) is 5.69 Å². The summed E-state index contributed by atoms with van der Waals surface area (Å²) in [4.78, 5) is 7.45. The summed E-state index contributed by atoms with van der Waals surface area (Å²) >= 11 is 0. The van der Waals surface area contributed by atoms with Crippen LogP contribution in [0.3, 0.4) is 0 Å². The second kappa shape index (κ2) is 4.76. The Kier molecular flexibility index (Phi) is 3.19. The molecule has 1 aromatic rings. The Labute approximate surface area is 113 Å². The van der Waals surface area contributed by atoms with Gasteiger partial charge in [-0.05, 0) is 19.3 Å². The zero-order valence-corrected chi connectivity index (χ0v) is 10.9. The van der Waals surface area contributed by atoms with E-state index < -0.39 is 11.9 Å². The highest BCUT2D eigenvalue weighted by Gasteiger charge is 2.41. The topological polar surface area (TPSA) is 59.1 Å². The van der Waals surface area contributed by atoms with Crippen LogP contribution in [0.25, 0.3) is 0 Å². The van der Waals surface area contributed by atoms with Gasteiger partial charge in [-0.1, -0.05) is 0 Å². The second-order valence-electron chi connectivity index (χ2n) is 5.07. The van der Waals surface area contributed by atoms with E-state index in [1.54, 1.807) is 0 Å². The van der Waals surface area contributed by atoms with E-state index in [9.17, 15) is 13.2 Å². The van der Waals surface area contributed by atoms with E-state index in [1.807, 2.05) is 0 Å². The average molecular weight is 288 g/mol. The van der Waals surface area contributed by atoms with Crippen LogP contribution >= 0.6 is 0 Å². The van der Waals surface area contributed by atoms with Crippen LogP contribution in [0.1, 0.15) is 25.0 Å². The molecule has 0 aromatic carbocycles. The van der Waals surface area contributed by atoms with Crippen LogP contribution in [0.4, 0.5) is 24.9 Å². The molecule has 2 saturated heterocycles. The van der Waals surface area contributed by atoms with Gasteiger partial charge in [0, 0.05) is 13.1 Å². The van der Waals surface area contributed by atoms with Crippen LogP contribution in [0.5, 0.6) is 0 Å². The zero-order chi connectivity index (χ0) is 14.3. The van der Waals surface area contributed by atoms with Gasteiger partial charge in [-0.15, -0.1) is 0 Å². The Hall–Kier alpha value is -1.57. The number of aromatic nitrogens is 2. The lowest BCUT2D eigenvalue weighted by molar-refractivity contribution is -0.141. The Balaban J connectivity index is 1.82. The summed E-state index contributed by atoms with van der Waals surface area (Å²) in [5, 5.41) is 5.59. The van der Waals surface area contributed by atoms with Crippen molar-refractivity contribution in [2.24, 2.45) is 0 Å². The number of rotatable bonds is 3. The standard InChI is InChI=1S/C12H15F3N4O/c1-16-11-18-9(12(13,14)15)5-10(19-11)17-7-4-6-2-3-8(7)20-6/h5-8H,2-4H2,1H3,(H2,16,17,18,19). The lowest BCUT2D eigenvalue weighted by Gasteiger charge is -2.21. The van der Waals surface area contributed by atoms with Crippen molar-refractivity contribution in [3.63, 3.8) is 0 Å². The normalized spacial score (nSPS) is 28.7. The molecule has 1 aromatic heterocycles. The summed E-state index contributed by atoms with van der Waals surface area (Å²) in [6, 6.07) is 0.960. The van der Waals surface area contributed by atoms with Crippen molar-refractivity contribution in [2.45, 2.75) is 43.7 Å². The molecule has 3 rings (SSSR count). The minimum absolute atomic E-state index is 0.0226. The van der Waals surface area contributed by atoms with Gasteiger partial charge in [-0.3, -0.25) is 0 Å². The fourth-order valence-corrected chi connectivity index (χ4v) is 2.76. The molecule has 2 bridgehead atoms. The predicted molar refractivity (Wildman–Crippen MR) is 66.5 cm³/mol. The lowest BCUT2D eigenvalue weighted by Crippen LogP contribution is -2.31. The first-order valence-corrected chi connectivity index (χ1v) is 6.52. The summed E-state index contributed by atoms with van der Waals surface area (Å²) in [6.07, 6.45) is -1.41. The lowest BCUT2D eigenvalue weighted by atomic mass is 9.95. The van der Waals surface area contributed by atoms with Gasteiger partial charge in [-0.25, -0.2) is 4.98 Å². The van der Waals surface area contributed by atoms with E-state index in [1.165, 1.54) is 7.05 Å². The molecule has 110 valence electrons. The maximum absolute atomic E-state index is 12.8. The largest absolute Gasteiger partial charge is 0.433 e. The molecule has 20 heavy (non-hydrogen) atoms. The summed E-state index contributed by atoms with van der Waals surface area (Å²) in [5.74, 6) is 0.129. The van der Waals surface area contributed by atoms with E-state index in [0.29, 0.717) is 0 Å². The zero-order valence-electron chi connectivity index (χ0n) is 10.9. The first kappa shape index (κ1) is 13.4. The number of nitrogens with one attached hydrogen (secondary N) is 2. The predicted octanol–water partition coefficient (Wildman–Crippen LogP) is 2.27. The molecular weight excluding hydrogens is 273 g/mol. The Bertz CT molecular complexity index is 508. The molecule has 0 amide bonds. The molecule has 3 unspecified atom stereocenters. The molecule has 3 atom stereocenters. The first-order chi connectivity index (χ1) is 9.45. The molecule has 2 aliphatic heterocycles. The molecule has 0 radical (unpaired) electrons. The summed E-state index contributed by atoms with van der Waals surface area (Å²) in [5.41, 5.74) is -0.955. The number of nitrogens with zero attached hydrogens (tertiary/aromatic N) is 2. The fourth-order valence-electron chi connectivity index (χ4n) is 2.76. The number of anilines is 2. The van der Waals surface area contributed by atoms with Crippen molar-refractivity contribution >= 4 is 11.8 Å². The second-order valence-corrected chi connectivity index (χ2v) is 5.07. The van der Waals surface area contributed by atoms with E-state index in [2.05, 4.69) is 20.6 Å². The van der Waals surface area contributed by atoms with Gasteiger partial charge in [0.1, 0.15) is 5.82 Å². The number of hydrogen-bond acceptors (Lipinski definition) is 5. The van der Waals surface area contributed by atoms with Crippen molar-refractivity contribution in [3.8, 4) is 0 Å². The van der Waals surface area contributed by atoms with Crippen LogP contribution in [-0.2, 0) is 10.9 Å². The van der Waals surface area contributed by atoms with Gasteiger partial charge < -0.3 is 15.4 Å². The minimum atomic E-state index is -4.49. The van der Waals surface area contributed by atoms with Crippen molar-refractivity contribution in [1.82, 2.24) is 9.97 Å². The molecule has 0 spiro atoms. The van der Waals surface area contributed by atoms with Gasteiger partial charge >= 0.3 is 6.18 Å². The van der Waals surface area contributed by atoms with Crippen LogP contribution in [0.2, 0.25) is 0 Å². The minimum Gasteiger partial charge on any atom is -0.373 e. The highest BCUT2D eigenvalue weighted by atomic mass is 19.4.